The zero-order chi connectivity index (χ0) is 19.5. The van der Waals surface area contributed by atoms with Crippen molar-refractivity contribution in [3.8, 4) is 5.75 Å². The Balaban J connectivity index is 2.32. The second kappa shape index (κ2) is 7.18. The maximum atomic E-state index is 12.8. The van der Waals surface area contributed by atoms with Crippen LogP contribution in [0.5, 0.6) is 5.75 Å². The molecule has 2 aromatic rings. The molecule has 0 aliphatic carbocycles. The van der Waals surface area contributed by atoms with Crippen LogP contribution in [-0.4, -0.2) is 28.7 Å². The van der Waals surface area contributed by atoms with Gasteiger partial charge in [-0.05, 0) is 25.1 Å². The summed E-state index contributed by atoms with van der Waals surface area (Å²) in [6.45, 7) is -0.129. The number of amides is 1. The van der Waals surface area contributed by atoms with Crippen LogP contribution in [0.2, 0.25) is 0 Å². The average molecular weight is 379 g/mol. The quantitative estimate of drug-likeness (QED) is 0.816. The van der Waals surface area contributed by atoms with Gasteiger partial charge in [0, 0.05) is 6.20 Å². The summed E-state index contributed by atoms with van der Waals surface area (Å²) >= 11 is 0. The monoisotopic (exact) mass is 379 g/mol. The summed E-state index contributed by atoms with van der Waals surface area (Å²) in [5, 5.41) is 2.06. The Labute approximate surface area is 143 Å². The third-order valence-corrected chi connectivity index (χ3v) is 2.96. The number of rotatable bonds is 4. The molecule has 1 heterocycles. The number of ether oxygens (including phenoxy) is 1. The first-order valence-electron chi connectivity index (χ1n) is 6.96. The molecule has 0 aliphatic rings. The largest absolute Gasteiger partial charge is 0.482 e. The van der Waals surface area contributed by atoms with E-state index in [-0.39, 0.29) is 5.69 Å². The van der Waals surface area contributed by atoms with Crippen molar-refractivity contribution in [1.82, 2.24) is 9.97 Å². The molecule has 1 N–H and O–H groups in total. The number of halogens is 6. The molecule has 0 saturated heterocycles. The molecule has 0 spiro atoms. The van der Waals surface area contributed by atoms with Crippen LogP contribution < -0.4 is 10.1 Å². The van der Waals surface area contributed by atoms with Crippen molar-refractivity contribution in [3.63, 3.8) is 0 Å². The van der Waals surface area contributed by atoms with Gasteiger partial charge < -0.3 is 10.1 Å². The standard InChI is InChI=1S/C15H11F6N3O2/c1-8-5-23-11(6-22-8)13(25)24-10-4-9(15(19,20)21)2-3-12(10)26-7-14(16,17)18/h2-6H,7H2,1H3,(H,24,25). The van der Waals surface area contributed by atoms with E-state index in [1.54, 1.807) is 6.92 Å². The van der Waals surface area contributed by atoms with E-state index in [0.29, 0.717) is 23.9 Å². The molecule has 1 aromatic heterocycles. The van der Waals surface area contributed by atoms with Gasteiger partial charge in [-0.3, -0.25) is 9.78 Å². The minimum absolute atomic E-state index is 0.227. The van der Waals surface area contributed by atoms with E-state index in [1.165, 1.54) is 6.20 Å². The molecule has 5 nitrogen and oxygen atoms in total. The zero-order valence-corrected chi connectivity index (χ0v) is 13.1. The molecule has 0 atom stereocenters. The highest BCUT2D eigenvalue weighted by atomic mass is 19.4. The lowest BCUT2D eigenvalue weighted by Gasteiger charge is -2.16. The van der Waals surface area contributed by atoms with Gasteiger partial charge in [0.1, 0.15) is 11.4 Å². The third kappa shape index (κ3) is 5.33. The molecule has 26 heavy (non-hydrogen) atoms. The summed E-state index contributed by atoms with van der Waals surface area (Å²) in [5.41, 5.74) is -1.47. The Morgan fingerprint density at radius 3 is 2.35 bits per heavy atom. The Hall–Kier alpha value is -2.85. The predicted octanol–water partition coefficient (Wildman–Crippen LogP) is 4.00. The van der Waals surface area contributed by atoms with Crippen LogP contribution >= 0.6 is 0 Å². The van der Waals surface area contributed by atoms with Crippen molar-refractivity contribution in [2.24, 2.45) is 0 Å². The van der Waals surface area contributed by atoms with Gasteiger partial charge in [0.15, 0.2) is 6.61 Å². The summed E-state index contributed by atoms with van der Waals surface area (Å²) in [6, 6.07) is 1.73. The first-order valence-corrected chi connectivity index (χ1v) is 6.96. The van der Waals surface area contributed by atoms with Gasteiger partial charge >= 0.3 is 12.4 Å². The lowest BCUT2D eigenvalue weighted by Crippen LogP contribution is -2.21. The van der Waals surface area contributed by atoms with E-state index in [0.717, 1.165) is 6.20 Å². The van der Waals surface area contributed by atoms with Crippen LogP contribution in [0.25, 0.3) is 0 Å². The van der Waals surface area contributed by atoms with Crippen molar-refractivity contribution < 1.29 is 35.9 Å². The first kappa shape index (κ1) is 19.5. The Morgan fingerprint density at radius 1 is 1.12 bits per heavy atom. The van der Waals surface area contributed by atoms with E-state index in [1.807, 2.05) is 0 Å². The molecule has 0 aliphatic heterocycles. The van der Waals surface area contributed by atoms with E-state index in [2.05, 4.69) is 20.0 Å². The SMILES string of the molecule is Cc1cnc(C(=O)Nc2cc(C(F)(F)F)ccc2OCC(F)(F)F)cn1. The molecule has 0 unspecified atom stereocenters. The van der Waals surface area contributed by atoms with Crippen LogP contribution in [0.4, 0.5) is 32.0 Å². The van der Waals surface area contributed by atoms with Crippen molar-refractivity contribution >= 4 is 11.6 Å². The summed E-state index contributed by atoms with van der Waals surface area (Å²) in [6.07, 6.45) is -7.13. The normalized spacial score (nSPS) is 12.0. The fraction of sp³-hybridized carbons (Fsp3) is 0.267. The van der Waals surface area contributed by atoms with Gasteiger partial charge in [-0.2, -0.15) is 26.3 Å². The van der Waals surface area contributed by atoms with Gasteiger partial charge in [-0.15, -0.1) is 0 Å². The zero-order valence-electron chi connectivity index (χ0n) is 13.1. The number of anilines is 1. The van der Waals surface area contributed by atoms with E-state index >= 15 is 0 Å². The fourth-order valence-corrected chi connectivity index (χ4v) is 1.79. The van der Waals surface area contributed by atoms with Crippen LogP contribution in [0.1, 0.15) is 21.7 Å². The number of aromatic nitrogens is 2. The molecule has 0 radical (unpaired) electrons. The molecule has 0 saturated carbocycles. The van der Waals surface area contributed by atoms with Crippen molar-refractivity contribution in [1.29, 1.82) is 0 Å². The smallest absolute Gasteiger partial charge is 0.422 e. The van der Waals surface area contributed by atoms with Crippen LogP contribution in [0, 0.1) is 6.92 Å². The Kier molecular flexibility index (Phi) is 5.38. The predicted molar refractivity (Wildman–Crippen MR) is 77.7 cm³/mol. The molecule has 11 heteroatoms. The Bertz CT molecular complexity index is 787. The van der Waals surface area contributed by atoms with Gasteiger partial charge in [-0.25, -0.2) is 4.98 Å². The van der Waals surface area contributed by atoms with E-state index in [9.17, 15) is 31.1 Å². The van der Waals surface area contributed by atoms with Crippen molar-refractivity contribution in [2.75, 3.05) is 11.9 Å². The number of aryl methyl sites for hydroxylation is 1. The van der Waals surface area contributed by atoms with Crippen molar-refractivity contribution in [3.05, 3.63) is 47.5 Å². The highest BCUT2D eigenvalue weighted by Gasteiger charge is 2.33. The summed E-state index contributed by atoms with van der Waals surface area (Å²) in [4.78, 5) is 19.6. The number of carbonyl (C=O) groups is 1. The maximum Gasteiger partial charge on any atom is 0.422 e. The first-order chi connectivity index (χ1) is 12.0. The van der Waals surface area contributed by atoms with Crippen LogP contribution in [0.15, 0.2) is 30.6 Å². The van der Waals surface area contributed by atoms with Gasteiger partial charge in [0.05, 0.1) is 23.1 Å². The number of alkyl halides is 6. The van der Waals surface area contributed by atoms with Gasteiger partial charge in [-0.1, -0.05) is 0 Å². The van der Waals surface area contributed by atoms with Gasteiger partial charge in [0.2, 0.25) is 0 Å². The van der Waals surface area contributed by atoms with E-state index in [4.69, 9.17) is 0 Å². The molecule has 1 aromatic carbocycles. The summed E-state index contributed by atoms with van der Waals surface area (Å²) in [7, 11) is 0. The maximum absolute atomic E-state index is 12.8. The van der Waals surface area contributed by atoms with Crippen LogP contribution in [-0.2, 0) is 6.18 Å². The van der Waals surface area contributed by atoms with Crippen molar-refractivity contribution in [2.45, 2.75) is 19.3 Å². The second-order valence-corrected chi connectivity index (χ2v) is 5.11. The molecule has 2 rings (SSSR count). The average Bonchev–Trinajstić information content (AvgIpc) is 2.52. The summed E-state index contributed by atoms with van der Waals surface area (Å²) in [5.74, 6) is -1.52. The highest BCUT2D eigenvalue weighted by molar-refractivity contribution is 6.03. The molecular formula is C15H11F6N3O2. The molecule has 1 amide bonds. The number of hydrogen-bond donors (Lipinski definition) is 1. The van der Waals surface area contributed by atoms with Crippen LogP contribution in [0.3, 0.4) is 0 Å². The number of benzene rings is 1. The number of nitrogens with zero attached hydrogens (tertiary/aromatic N) is 2. The Morgan fingerprint density at radius 2 is 1.81 bits per heavy atom. The highest BCUT2D eigenvalue weighted by Crippen LogP contribution is 2.35. The molecular weight excluding hydrogens is 368 g/mol. The van der Waals surface area contributed by atoms with Gasteiger partial charge in [0.25, 0.3) is 5.91 Å². The third-order valence-electron chi connectivity index (χ3n) is 2.96. The number of hydrogen-bond acceptors (Lipinski definition) is 4. The topological polar surface area (TPSA) is 64.1 Å². The molecule has 0 bridgehead atoms. The second-order valence-electron chi connectivity index (χ2n) is 5.11. The molecule has 0 fully saturated rings. The van der Waals surface area contributed by atoms with E-state index < -0.39 is 41.9 Å². The number of nitrogens with one attached hydrogen (secondary N) is 1. The minimum Gasteiger partial charge on any atom is -0.482 e. The minimum atomic E-state index is -4.76. The summed E-state index contributed by atoms with van der Waals surface area (Å²) < 4.78 is 79.8. The fourth-order valence-electron chi connectivity index (χ4n) is 1.79. The lowest BCUT2D eigenvalue weighted by atomic mass is 10.1. The number of carbonyl (C=O) groups excluding carboxylic acids is 1. The molecule has 140 valence electrons. The lowest BCUT2D eigenvalue weighted by molar-refractivity contribution is -0.153.